The lowest BCUT2D eigenvalue weighted by molar-refractivity contribution is -0.140. The van der Waals surface area contributed by atoms with Gasteiger partial charge in [0, 0.05) is 29.8 Å². The third kappa shape index (κ3) is 7.86. The molecule has 5 atom stereocenters. The monoisotopic (exact) mass is 782 g/mol. The summed E-state index contributed by atoms with van der Waals surface area (Å²) in [7, 11) is -3.96. The first kappa shape index (κ1) is 37.1. The number of nitrogens with zero attached hydrogens (tertiary/aromatic N) is 3. The predicted molar refractivity (Wildman–Crippen MR) is 182 cm³/mol. The molecule has 1 saturated heterocycles. The maximum atomic E-state index is 14.4. The third-order valence-electron chi connectivity index (χ3n) is 10.4. The molecule has 1 aromatic heterocycles. The van der Waals surface area contributed by atoms with Crippen molar-refractivity contribution in [2.75, 3.05) is 11.9 Å². The van der Waals surface area contributed by atoms with Crippen molar-refractivity contribution in [1.82, 2.24) is 24.8 Å². The van der Waals surface area contributed by atoms with Crippen molar-refractivity contribution in [2.24, 2.45) is 5.92 Å². The summed E-state index contributed by atoms with van der Waals surface area (Å²) in [6, 6.07) is 2.09. The van der Waals surface area contributed by atoms with Crippen LogP contribution >= 0.6 is 11.3 Å². The van der Waals surface area contributed by atoms with Gasteiger partial charge >= 0.3 is 12.3 Å². The Hall–Kier alpha value is -4.26. The van der Waals surface area contributed by atoms with Gasteiger partial charge < -0.3 is 20.3 Å². The summed E-state index contributed by atoms with van der Waals surface area (Å²) in [5, 5.41) is 5.56. The number of nitrogens with one attached hydrogen (secondary N) is 3. The fourth-order valence-electron chi connectivity index (χ4n) is 7.19. The van der Waals surface area contributed by atoms with Gasteiger partial charge in [-0.2, -0.15) is 13.2 Å². The van der Waals surface area contributed by atoms with Crippen LogP contribution in [-0.2, 0) is 48.4 Å². The smallest absolute Gasteiger partial charge is 0.434 e. The van der Waals surface area contributed by atoms with Crippen molar-refractivity contribution in [3.8, 4) is 0 Å². The Kier molecular flexibility index (Phi) is 9.92. The number of fused-ring (bicyclic) bond motifs is 3. The maximum absolute atomic E-state index is 14.4. The number of sulfonamides is 1. The molecule has 4 amide bonds. The van der Waals surface area contributed by atoms with E-state index in [-0.39, 0.29) is 44.0 Å². The molecule has 7 rings (SSSR count). The number of ether oxygens (including phenoxy) is 1. The maximum Gasteiger partial charge on any atom is 0.434 e. The van der Waals surface area contributed by atoms with Gasteiger partial charge in [-0.15, -0.1) is 11.3 Å². The molecule has 2 aromatic rings. The van der Waals surface area contributed by atoms with E-state index < -0.39 is 86.4 Å². The zero-order valence-corrected chi connectivity index (χ0v) is 30.0. The number of aromatic nitrogens is 1. The van der Waals surface area contributed by atoms with E-state index in [0.717, 1.165) is 5.38 Å². The molecule has 0 spiro atoms. The van der Waals surface area contributed by atoms with Crippen LogP contribution in [0.5, 0.6) is 0 Å². The van der Waals surface area contributed by atoms with Gasteiger partial charge in [-0.3, -0.25) is 24.0 Å². The molecule has 286 valence electrons. The molecule has 2 saturated carbocycles. The SMILES string of the molecule is O=C1N[C@]2(C(=O)NS(=O)(=O)C3CC3)C[C@H]2/C=C\CCCCC[C@H](Nc2nc(C(F)(F)F)cs2)C(=O)N2C[C@H](OC(=O)N3Cc4cccc(F)c4C3)C[C@@H]12. The zero-order valence-electron chi connectivity index (χ0n) is 28.4. The first-order valence-electron chi connectivity index (χ1n) is 17.5. The zero-order chi connectivity index (χ0) is 37.7. The van der Waals surface area contributed by atoms with E-state index in [1.54, 1.807) is 12.1 Å². The minimum Gasteiger partial charge on any atom is -0.444 e. The van der Waals surface area contributed by atoms with Gasteiger partial charge in [0.25, 0.3) is 5.91 Å². The number of anilines is 1. The fourth-order valence-corrected chi connectivity index (χ4v) is 9.33. The average molecular weight is 783 g/mol. The summed E-state index contributed by atoms with van der Waals surface area (Å²) in [6.45, 7) is -0.225. The number of rotatable bonds is 6. The minimum absolute atomic E-state index is 0.0455. The summed E-state index contributed by atoms with van der Waals surface area (Å²) in [6.07, 6.45) is 0.475. The number of halogens is 4. The molecule has 0 unspecified atom stereocenters. The number of thiazole rings is 1. The Labute approximate surface area is 306 Å². The highest BCUT2D eigenvalue weighted by Crippen LogP contribution is 2.46. The average Bonchev–Trinajstić information content (AvgIpc) is 3.88. The van der Waals surface area contributed by atoms with Gasteiger partial charge in [0.05, 0.1) is 18.3 Å². The van der Waals surface area contributed by atoms with Crippen LogP contribution in [0.1, 0.15) is 74.6 Å². The highest BCUT2D eigenvalue weighted by Gasteiger charge is 2.62. The van der Waals surface area contributed by atoms with Crippen LogP contribution in [0.2, 0.25) is 0 Å². The van der Waals surface area contributed by atoms with E-state index in [1.807, 2.05) is 6.08 Å². The molecule has 5 aliphatic rings. The van der Waals surface area contributed by atoms with Gasteiger partial charge in [0.1, 0.15) is 29.5 Å². The molecule has 2 aliphatic carbocycles. The van der Waals surface area contributed by atoms with Crippen molar-refractivity contribution in [1.29, 1.82) is 0 Å². The van der Waals surface area contributed by atoms with Gasteiger partial charge in [-0.05, 0) is 50.2 Å². The van der Waals surface area contributed by atoms with Gasteiger partial charge in [0.2, 0.25) is 21.8 Å². The van der Waals surface area contributed by atoms with Crippen LogP contribution in [0.3, 0.4) is 0 Å². The predicted octanol–water partition coefficient (Wildman–Crippen LogP) is 4.21. The lowest BCUT2D eigenvalue weighted by Crippen LogP contribution is -2.57. The van der Waals surface area contributed by atoms with Gasteiger partial charge in [-0.25, -0.2) is 22.6 Å². The number of allylic oxidation sites excluding steroid dienone is 1. The van der Waals surface area contributed by atoms with Crippen LogP contribution in [-0.4, -0.2) is 82.5 Å². The van der Waals surface area contributed by atoms with Crippen molar-refractivity contribution in [2.45, 2.75) is 106 Å². The second-order valence-electron chi connectivity index (χ2n) is 14.2. The Bertz CT molecular complexity index is 1940. The highest BCUT2D eigenvalue weighted by molar-refractivity contribution is 7.91. The van der Waals surface area contributed by atoms with Gasteiger partial charge in [-0.1, -0.05) is 37.1 Å². The molecular formula is C34H38F4N6O7S2. The quantitative estimate of drug-likeness (QED) is 0.288. The summed E-state index contributed by atoms with van der Waals surface area (Å²) in [5.41, 5.74) is -1.78. The topological polar surface area (TPSA) is 167 Å². The third-order valence-corrected chi connectivity index (χ3v) is 13.0. The molecule has 13 nitrogen and oxygen atoms in total. The van der Waals surface area contributed by atoms with Crippen molar-refractivity contribution in [3.05, 3.63) is 58.4 Å². The Morgan fingerprint density at radius 2 is 1.89 bits per heavy atom. The van der Waals surface area contributed by atoms with Crippen LogP contribution in [0.25, 0.3) is 0 Å². The molecule has 53 heavy (non-hydrogen) atoms. The summed E-state index contributed by atoms with van der Waals surface area (Å²) in [5.74, 6) is -3.32. The molecule has 0 bridgehead atoms. The molecule has 3 fully saturated rings. The fraction of sp³-hybridized carbons (Fsp3) is 0.559. The lowest BCUT2D eigenvalue weighted by Gasteiger charge is -2.29. The first-order chi connectivity index (χ1) is 25.1. The van der Waals surface area contributed by atoms with E-state index in [4.69, 9.17) is 4.74 Å². The normalized spacial score (nSPS) is 28.5. The number of amides is 4. The molecule has 4 heterocycles. The lowest BCUT2D eigenvalue weighted by atomic mass is 10.1. The van der Waals surface area contributed by atoms with Crippen molar-refractivity contribution in [3.63, 3.8) is 0 Å². The van der Waals surface area contributed by atoms with Crippen molar-refractivity contribution < 1.29 is 49.9 Å². The summed E-state index contributed by atoms with van der Waals surface area (Å²) >= 11 is 0.677. The second-order valence-corrected chi connectivity index (χ2v) is 17.0. The number of carbonyl (C=O) groups excluding carboxylic acids is 4. The minimum atomic E-state index is -4.70. The van der Waals surface area contributed by atoms with E-state index in [2.05, 4.69) is 20.3 Å². The van der Waals surface area contributed by atoms with Crippen LogP contribution in [0.4, 0.5) is 27.5 Å². The van der Waals surface area contributed by atoms with E-state index in [0.29, 0.717) is 61.0 Å². The van der Waals surface area contributed by atoms with E-state index in [1.165, 1.54) is 21.9 Å². The Morgan fingerprint density at radius 3 is 2.60 bits per heavy atom. The highest BCUT2D eigenvalue weighted by atomic mass is 32.2. The summed E-state index contributed by atoms with van der Waals surface area (Å²) in [4.78, 5) is 61.5. The number of hydrogen-bond donors (Lipinski definition) is 3. The largest absolute Gasteiger partial charge is 0.444 e. The number of benzene rings is 1. The molecule has 0 radical (unpaired) electrons. The molecule has 19 heteroatoms. The Morgan fingerprint density at radius 1 is 1.09 bits per heavy atom. The van der Waals surface area contributed by atoms with Gasteiger partial charge in [0.15, 0.2) is 10.8 Å². The van der Waals surface area contributed by atoms with Crippen molar-refractivity contribution >= 4 is 50.3 Å². The Balaban J connectivity index is 1.15. The molecule has 1 aromatic carbocycles. The summed E-state index contributed by atoms with van der Waals surface area (Å²) < 4.78 is 87.9. The van der Waals surface area contributed by atoms with E-state index >= 15 is 0 Å². The second kappa shape index (κ2) is 14.2. The first-order valence-corrected chi connectivity index (χ1v) is 19.9. The number of alkyl halides is 3. The van der Waals surface area contributed by atoms with Crippen LogP contribution in [0.15, 0.2) is 35.7 Å². The molecule has 3 N–H and O–H groups in total. The molecule has 3 aliphatic heterocycles. The van der Waals surface area contributed by atoms with Crippen LogP contribution < -0.4 is 15.4 Å². The standard InChI is InChI=1S/C34H38F4N6O7S2/c35-24-9-6-7-19-15-43(17-23(19)24)32(48)51-21-13-26-28(45)41-33(30(47)42-53(49,50)22-11-12-22)14-20(33)8-4-2-1-3-5-10-25(29(46)44(26)16-21)39-31-40-27(18-52-31)34(36,37)38/h4,6-9,18,20-22,25-26H,1-3,5,10-17H2,(H,39,40)(H,41,45)(H,42,47)/b8-4-/t20-,21-,25+,26+,33-/m1/s1. The number of hydrogen-bond acceptors (Lipinski definition) is 10. The number of carbonyl (C=O) groups is 4. The van der Waals surface area contributed by atoms with E-state index in [9.17, 15) is 45.2 Å². The molecular weight excluding hydrogens is 745 g/mol. The van der Waals surface area contributed by atoms with Crippen LogP contribution in [0, 0.1) is 11.7 Å².